The van der Waals surface area contributed by atoms with Crippen molar-refractivity contribution in [1.29, 1.82) is 0 Å². The van der Waals surface area contributed by atoms with Crippen molar-refractivity contribution in [2.24, 2.45) is 0 Å². The van der Waals surface area contributed by atoms with Gasteiger partial charge in [-0.1, -0.05) is 158 Å². The predicted molar refractivity (Wildman–Crippen MR) is 259 cm³/mol. The molecule has 0 N–H and O–H groups in total. The van der Waals surface area contributed by atoms with Crippen LogP contribution in [0.2, 0.25) is 0 Å². The quantitative estimate of drug-likeness (QED) is 0.153. The number of anilines is 2. The number of aromatic nitrogens is 1. The first-order valence-electron chi connectivity index (χ1n) is 21.5. The van der Waals surface area contributed by atoms with Crippen molar-refractivity contribution in [3.05, 3.63) is 210 Å². The number of nitrogens with zero attached hydrogens (tertiary/aromatic N) is 2. The van der Waals surface area contributed by atoms with E-state index in [1.165, 1.54) is 55.8 Å². The van der Waals surface area contributed by atoms with E-state index in [2.05, 4.69) is 224 Å². The molecule has 2 aromatic heterocycles. The smallest absolute Gasteiger partial charge is 0.143 e. The lowest BCUT2D eigenvalue weighted by Gasteiger charge is -2.34. The van der Waals surface area contributed by atoms with Gasteiger partial charge in [0.15, 0.2) is 0 Å². The number of fused-ring (bicyclic) bond motifs is 6. The van der Waals surface area contributed by atoms with Crippen molar-refractivity contribution in [3.63, 3.8) is 0 Å². The number of rotatable bonds is 8. The van der Waals surface area contributed by atoms with Crippen LogP contribution in [0.15, 0.2) is 193 Å². The van der Waals surface area contributed by atoms with E-state index in [9.17, 15) is 0 Å². The average Bonchev–Trinajstić information content (AvgIpc) is 3.87. The molecule has 2 heterocycles. The van der Waals surface area contributed by atoms with Gasteiger partial charge in [-0.05, 0) is 103 Å². The summed E-state index contributed by atoms with van der Waals surface area (Å²) in [4.78, 5) is 2.48. The maximum atomic E-state index is 6.93. The van der Waals surface area contributed by atoms with Crippen LogP contribution in [0.25, 0.3) is 84.1 Å². The highest BCUT2D eigenvalue weighted by molar-refractivity contribution is 6.13. The molecule has 294 valence electrons. The van der Waals surface area contributed by atoms with Gasteiger partial charge in [0.25, 0.3) is 0 Å². The number of para-hydroxylation sites is 3. The van der Waals surface area contributed by atoms with Crippen LogP contribution in [-0.2, 0) is 6.42 Å². The Balaban J connectivity index is 0.937. The molecule has 9 aromatic rings. The second kappa shape index (κ2) is 15.3. The zero-order valence-electron chi connectivity index (χ0n) is 34.6. The van der Waals surface area contributed by atoms with Crippen molar-refractivity contribution in [2.75, 3.05) is 4.90 Å². The topological polar surface area (TPSA) is 21.3 Å². The fourth-order valence-corrected chi connectivity index (χ4v) is 9.72. The number of benzene rings is 7. The maximum Gasteiger partial charge on any atom is 0.143 e. The standard InChI is InChI=1S/C58H46N2O/c1-3-15-47-39(2)16-12-27-54(47)59(44-17-6-4-7-18-44)46-35-32-42(33-36-46)49-23-14-25-52-51-24-13-22-48(57(51)61-58(49)52)41-30-28-40(29-31-41)43-34-37-56-53(38-43)50-21-10-11-26-55(50)60(56)45-19-8-5-9-20-45/h3-10,12-17,19-25,27-38,44H,11,18,26H2,1-2H3/b15-3-. The van der Waals surface area contributed by atoms with Gasteiger partial charge in [-0.25, -0.2) is 0 Å². The van der Waals surface area contributed by atoms with Gasteiger partial charge in [-0.2, -0.15) is 0 Å². The Morgan fingerprint density at radius 2 is 1.33 bits per heavy atom. The molecule has 0 aliphatic heterocycles. The molecule has 0 radical (unpaired) electrons. The van der Waals surface area contributed by atoms with Gasteiger partial charge in [-0.3, -0.25) is 0 Å². The molecule has 0 spiro atoms. The Bertz CT molecular complexity index is 3230. The van der Waals surface area contributed by atoms with E-state index >= 15 is 0 Å². The summed E-state index contributed by atoms with van der Waals surface area (Å²) in [7, 11) is 0. The molecule has 61 heavy (non-hydrogen) atoms. The van der Waals surface area contributed by atoms with E-state index in [0.29, 0.717) is 0 Å². The van der Waals surface area contributed by atoms with Crippen LogP contribution in [0.4, 0.5) is 11.4 Å². The third-order valence-electron chi connectivity index (χ3n) is 12.6. The van der Waals surface area contributed by atoms with E-state index < -0.39 is 0 Å². The van der Waals surface area contributed by atoms with Crippen LogP contribution >= 0.6 is 0 Å². The van der Waals surface area contributed by atoms with Crippen molar-refractivity contribution in [2.45, 2.75) is 39.2 Å². The van der Waals surface area contributed by atoms with Crippen LogP contribution in [0.5, 0.6) is 0 Å². The molecule has 0 bridgehead atoms. The molecule has 3 nitrogen and oxygen atoms in total. The summed E-state index contributed by atoms with van der Waals surface area (Å²) in [5.74, 6) is 0. The highest BCUT2D eigenvalue weighted by Gasteiger charge is 2.23. The van der Waals surface area contributed by atoms with E-state index in [1.807, 2.05) is 0 Å². The lowest BCUT2D eigenvalue weighted by molar-refractivity contribution is 0.671. The highest BCUT2D eigenvalue weighted by Crippen LogP contribution is 2.42. The zero-order valence-corrected chi connectivity index (χ0v) is 34.6. The third-order valence-corrected chi connectivity index (χ3v) is 12.6. The van der Waals surface area contributed by atoms with Gasteiger partial charge in [0, 0.05) is 61.2 Å². The van der Waals surface area contributed by atoms with Gasteiger partial charge < -0.3 is 13.9 Å². The second-order valence-corrected chi connectivity index (χ2v) is 16.3. The number of allylic oxidation sites excluding steroid dienone is 4. The predicted octanol–water partition coefficient (Wildman–Crippen LogP) is 15.9. The first kappa shape index (κ1) is 36.7. The summed E-state index contributed by atoms with van der Waals surface area (Å²) < 4.78 is 9.38. The lowest BCUT2D eigenvalue weighted by atomic mass is 9.96. The fraction of sp³-hybridized carbons (Fsp3) is 0.103. The van der Waals surface area contributed by atoms with Crippen molar-refractivity contribution < 1.29 is 4.42 Å². The Kier molecular flexibility index (Phi) is 9.23. The van der Waals surface area contributed by atoms with Crippen molar-refractivity contribution in [3.8, 4) is 39.1 Å². The van der Waals surface area contributed by atoms with Gasteiger partial charge in [0.2, 0.25) is 0 Å². The fourth-order valence-electron chi connectivity index (χ4n) is 9.72. The van der Waals surface area contributed by atoms with Gasteiger partial charge in [0.05, 0.1) is 11.6 Å². The number of aryl methyl sites for hydroxylation is 1. The van der Waals surface area contributed by atoms with Crippen LogP contribution in [-0.4, -0.2) is 10.6 Å². The first-order chi connectivity index (χ1) is 30.1. The average molecular weight is 787 g/mol. The number of hydrogen-bond donors (Lipinski definition) is 0. The minimum absolute atomic E-state index is 0.215. The summed E-state index contributed by atoms with van der Waals surface area (Å²) in [6.45, 7) is 4.29. The molecule has 1 unspecified atom stereocenters. The molecule has 2 aliphatic carbocycles. The number of furan rings is 1. The van der Waals surface area contributed by atoms with Gasteiger partial charge >= 0.3 is 0 Å². The molecule has 11 rings (SSSR count). The lowest BCUT2D eigenvalue weighted by Crippen LogP contribution is -2.30. The van der Waals surface area contributed by atoms with Crippen LogP contribution in [0, 0.1) is 6.92 Å². The molecule has 0 amide bonds. The van der Waals surface area contributed by atoms with E-state index in [1.54, 1.807) is 0 Å². The Hall–Kier alpha value is -7.36. The molecule has 7 aromatic carbocycles. The van der Waals surface area contributed by atoms with Crippen LogP contribution < -0.4 is 4.90 Å². The summed E-state index contributed by atoms with van der Waals surface area (Å²) in [6, 6.07) is 55.6. The molecule has 0 fully saturated rings. The minimum Gasteiger partial charge on any atom is -0.455 e. The molecule has 2 aliphatic rings. The van der Waals surface area contributed by atoms with E-state index in [-0.39, 0.29) is 6.04 Å². The van der Waals surface area contributed by atoms with Crippen LogP contribution in [0.1, 0.15) is 42.1 Å². The zero-order chi connectivity index (χ0) is 40.9. The monoisotopic (exact) mass is 786 g/mol. The molecule has 3 heteroatoms. The first-order valence-corrected chi connectivity index (χ1v) is 21.5. The molecule has 0 saturated heterocycles. The van der Waals surface area contributed by atoms with Gasteiger partial charge in [0.1, 0.15) is 11.2 Å². The maximum absolute atomic E-state index is 6.93. The normalized spacial score (nSPS) is 14.8. The van der Waals surface area contributed by atoms with E-state index in [0.717, 1.165) is 69.1 Å². The Morgan fingerprint density at radius 1 is 0.639 bits per heavy atom. The summed E-state index contributed by atoms with van der Waals surface area (Å²) in [5.41, 5.74) is 18.8. The molecular weight excluding hydrogens is 741 g/mol. The molecule has 1 atom stereocenters. The summed E-state index contributed by atoms with van der Waals surface area (Å²) in [6.07, 6.45) is 20.9. The van der Waals surface area contributed by atoms with Gasteiger partial charge in [-0.15, -0.1) is 0 Å². The van der Waals surface area contributed by atoms with E-state index in [4.69, 9.17) is 4.42 Å². The SMILES string of the molecule is C/C=C\c1c(C)cccc1N(c1ccc(-c2cccc3c2oc2c(-c4ccc(-c5ccc6c(c5)c5c(n6-c6ccccc6)CCC=C5)cc4)cccc23)cc1)C1C=CC=CC1. The third kappa shape index (κ3) is 6.36. The Labute approximate surface area is 357 Å². The van der Waals surface area contributed by atoms with Crippen molar-refractivity contribution in [1.82, 2.24) is 4.57 Å². The number of hydrogen-bond acceptors (Lipinski definition) is 2. The summed E-state index contributed by atoms with van der Waals surface area (Å²) in [5, 5.41) is 3.55. The highest BCUT2D eigenvalue weighted by atomic mass is 16.3. The summed E-state index contributed by atoms with van der Waals surface area (Å²) >= 11 is 0. The van der Waals surface area contributed by atoms with Crippen LogP contribution in [0.3, 0.4) is 0 Å². The molecular formula is C58H46N2O. The largest absolute Gasteiger partial charge is 0.455 e. The second-order valence-electron chi connectivity index (χ2n) is 16.3. The molecule has 0 saturated carbocycles. The Morgan fingerprint density at radius 3 is 2.03 bits per heavy atom. The minimum atomic E-state index is 0.215. The van der Waals surface area contributed by atoms with Crippen molar-refractivity contribution >= 4 is 56.4 Å².